The van der Waals surface area contributed by atoms with Crippen LogP contribution in [0.25, 0.3) is 10.9 Å². The Hall–Kier alpha value is -2.93. The molecule has 29 heavy (non-hydrogen) atoms. The van der Waals surface area contributed by atoms with E-state index in [1.165, 1.54) is 6.07 Å². The first-order chi connectivity index (χ1) is 13.8. The highest BCUT2D eigenvalue weighted by atomic mass is 19.4. The highest BCUT2D eigenvalue weighted by Gasteiger charge is 2.38. The summed E-state index contributed by atoms with van der Waals surface area (Å²) in [4.78, 5) is 18.0. The van der Waals surface area contributed by atoms with E-state index in [2.05, 4.69) is 4.98 Å². The Morgan fingerprint density at radius 1 is 1.10 bits per heavy atom. The second-order valence-electron chi connectivity index (χ2n) is 7.22. The number of pyridine rings is 1. The second-order valence-corrected chi connectivity index (χ2v) is 7.22. The SMILES string of the molecule is O=C(O)C1CCCN1C(c1cccc(C(F)(F)F)c1)c1cnc2ccccc2c1. The molecule has 2 unspecified atom stereocenters. The van der Waals surface area contributed by atoms with Crippen molar-refractivity contribution in [1.29, 1.82) is 0 Å². The number of fused-ring (bicyclic) bond motifs is 1. The van der Waals surface area contributed by atoms with Gasteiger partial charge in [0.1, 0.15) is 6.04 Å². The van der Waals surface area contributed by atoms with Crippen LogP contribution in [0.15, 0.2) is 60.8 Å². The Morgan fingerprint density at radius 3 is 2.66 bits per heavy atom. The molecule has 2 heterocycles. The number of carboxylic acid groups (broad SMARTS) is 1. The number of nitrogens with zero attached hydrogens (tertiary/aromatic N) is 2. The molecule has 1 aromatic heterocycles. The molecule has 2 atom stereocenters. The van der Waals surface area contributed by atoms with Crippen molar-refractivity contribution in [2.24, 2.45) is 0 Å². The van der Waals surface area contributed by atoms with E-state index in [1.807, 2.05) is 30.3 Å². The summed E-state index contributed by atoms with van der Waals surface area (Å²) in [5, 5.41) is 10.5. The molecule has 4 nitrogen and oxygen atoms in total. The van der Waals surface area contributed by atoms with Gasteiger partial charge in [0.15, 0.2) is 0 Å². The van der Waals surface area contributed by atoms with E-state index in [1.54, 1.807) is 17.2 Å². The maximum atomic E-state index is 13.3. The summed E-state index contributed by atoms with van der Waals surface area (Å²) in [7, 11) is 0. The van der Waals surface area contributed by atoms with Crippen LogP contribution in [0.1, 0.15) is 35.6 Å². The molecule has 0 bridgehead atoms. The van der Waals surface area contributed by atoms with Gasteiger partial charge in [-0.05, 0) is 48.2 Å². The van der Waals surface area contributed by atoms with Crippen LogP contribution in [0.4, 0.5) is 13.2 Å². The molecule has 2 aromatic carbocycles. The van der Waals surface area contributed by atoms with Crippen LogP contribution in [0, 0.1) is 0 Å². The third-order valence-electron chi connectivity index (χ3n) is 5.37. The molecule has 3 aromatic rings. The maximum Gasteiger partial charge on any atom is 0.416 e. The molecule has 0 radical (unpaired) electrons. The van der Waals surface area contributed by atoms with Crippen LogP contribution < -0.4 is 0 Å². The average Bonchev–Trinajstić information content (AvgIpc) is 3.17. The van der Waals surface area contributed by atoms with Crippen molar-refractivity contribution in [3.05, 3.63) is 77.5 Å². The molecule has 1 aliphatic heterocycles. The van der Waals surface area contributed by atoms with Crippen LogP contribution in [0.3, 0.4) is 0 Å². The van der Waals surface area contributed by atoms with Crippen molar-refractivity contribution in [1.82, 2.24) is 9.88 Å². The third-order valence-corrected chi connectivity index (χ3v) is 5.37. The Bertz CT molecular complexity index is 1050. The van der Waals surface area contributed by atoms with E-state index in [9.17, 15) is 23.1 Å². The number of halogens is 3. The van der Waals surface area contributed by atoms with Crippen molar-refractivity contribution < 1.29 is 23.1 Å². The van der Waals surface area contributed by atoms with E-state index in [4.69, 9.17) is 0 Å². The number of benzene rings is 2. The Labute approximate surface area is 165 Å². The summed E-state index contributed by atoms with van der Waals surface area (Å²) in [5.74, 6) is -0.965. The minimum Gasteiger partial charge on any atom is -0.480 e. The van der Waals surface area contributed by atoms with Gasteiger partial charge in [-0.3, -0.25) is 14.7 Å². The lowest BCUT2D eigenvalue weighted by molar-refractivity contribution is -0.143. The number of aromatic nitrogens is 1. The van der Waals surface area contributed by atoms with Crippen LogP contribution in [-0.2, 0) is 11.0 Å². The summed E-state index contributed by atoms with van der Waals surface area (Å²) in [6.07, 6.45) is -1.71. The zero-order chi connectivity index (χ0) is 20.6. The predicted molar refractivity (Wildman–Crippen MR) is 102 cm³/mol. The summed E-state index contributed by atoms with van der Waals surface area (Å²) < 4.78 is 39.9. The largest absolute Gasteiger partial charge is 0.480 e. The highest BCUT2D eigenvalue weighted by Crippen LogP contribution is 2.38. The first-order valence-corrected chi connectivity index (χ1v) is 9.35. The van der Waals surface area contributed by atoms with Gasteiger partial charge < -0.3 is 5.11 Å². The summed E-state index contributed by atoms with van der Waals surface area (Å²) in [6.45, 7) is 0.491. The minimum absolute atomic E-state index is 0.407. The van der Waals surface area contributed by atoms with Gasteiger partial charge in [-0.15, -0.1) is 0 Å². The summed E-state index contributed by atoms with van der Waals surface area (Å²) >= 11 is 0. The molecule has 1 N–H and O–H groups in total. The van der Waals surface area contributed by atoms with E-state index < -0.39 is 29.8 Å². The molecule has 150 valence electrons. The fourth-order valence-electron chi connectivity index (χ4n) is 4.06. The number of rotatable bonds is 4. The number of alkyl halides is 3. The second kappa shape index (κ2) is 7.48. The molecular formula is C22H19F3N2O2. The van der Waals surface area contributed by atoms with Crippen LogP contribution >= 0.6 is 0 Å². The van der Waals surface area contributed by atoms with Crippen molar-refractivity contribution in [2.45, 2.75) is 31.1 Å². The van der Waals surface area contributed by atoms with Gasteiger partial charge in [0, 0.05) is 18.1 Å². The smallest absolute Gasteiger partial charge is 0.416 e. The van der Waals surface area contributed by atoms with Gasteiger partial charge in [0.2, 0.25) is 0 Å². The van der Waals surface area contributed by atoms with Crippen molar-refractivity contribution >= 4 is 16.9 Å². The number of likely N-dealkylation sites (tertiary alicyclic amines) is 1. The number of para-hydroxylation sites is 1. The van der Waals surface area contributed by atoms with E-state index in [0.29, 0.717) is 30.5 Å². The lowest BCUT2D eigenvalue weighted by Crippen LogP contribution is -2.39. The van der Waals surface area contributed by atoms with Gasteiger partial charge in [-0.25, -0.2) is 0 Å². The lowest BCUT2D eigenvalue weighted by Gasteiger charge is -2.32. The standard InChI is InChI=1S/C22H19F3N2O2/c23-22(24,25)17-7-3-6-15(12-17)20(27-10-4-9-19(27)21(28)29)16-11-14-5-1-2-8-18(14)26-13-16/h1-3,5-8,11-13,19-20H,4,9-10H2,(H,28,29). The summed E-state index contributed by atoms with van der Waals surface area (Å²) in [5.41, 5.74) is 1.11. The lowest BCUT2D eigenvalue weighted by atomic mass is 9.95. The summed E-state index contributed by atoms with van der Waals surface area (Å²) in [6, 6.07) is 13.1. The normalized spacial score (nSPS) is 18.8. The molecule has 0 saturated carbocycles. The average molecular weight is 400 g/mol. The first-order valence-electron chi connectivity index (χ1n) is 9.35. The number of aliphatic carboxylic acids is 1. The topological polar surface area (TPSA) is 53.4 Å². The fraction of sp³-hybridized carbons (Fsp3) is 0.273. The number of carboxylic acids is 1. The molecular weight excluding hydrogens is 381 g/mol. The Kier molecular flexibility index (Phi) is 5.00. The van der Waals surface area contributed by atoms with Gasteiger partial charge in [-0.1, -0.05) is 30.3 Å². The Morgan fingerprint density at radius 2 is 1.90 bits per heavy atom. The molecule has 0 aliphatic carbocycles. The van der Waals surface area contributed by atoms with Crippen molar-refractivity contribution in [3.8, 4) is 0 Å². The van der Waals surface area contributed by atoms with Crippen LogP contribution in [-0.4, -0.2) is 33.5 Å². The zero-order valence-corrected chi connectivity index (χ0v) is 15.4. The molecule has 1 aliphatic rings. The zero-order valence-electron chi connectivity index (χ0n) is 15.4. The van der Waals surface area contributed by atoms with Gasteiger partial charge >= 0.3 is 12.1 Å². The van der Waals surface area contributed by atoms with Crippen molar-refractivity contribution in [2.75, 3.05) is 6.54 Å². The molecule has 1 saturated heterocycles. The molecule has 1 fully saturated rings. The quantitative estimate of drug-likeness (QED) is 0.677. The number of carbonyl (C=O) groups is 1. The van der Waals surface area contributed by atoms with E-state index >= 15 is 0 Å². The fourth-order valence-corrected chi connectivity index (χ4v) is 4.06. The van der Waals surface area contributed by atoms with Crippen LogP contribution in [0.5, 0.6) is 0 Å². The molecule has 7 heteroatoms. The predicted octanol–water partition coefficient (Wildman–Crippen LogP) is 4.89. The minimum atomic E-state index is -4.47. The van der Waals surface area contributed by atoms with Gasteiger partial charge in [0.05, 0.1) is 17.1 Å². The number of hydrogen-bond acceptors (Lipinski definition) is 3. The van der Waals surface area contributed by atoms with E-state index in [0.717, 1.165) is 23.0 Å². The van der Waals surface area contributed by atoms with E-state index in [-0.39, 0.29) is 0 Å². The molecule has 0 amide bonds. The van der Waals surface area contributed by atoms with Gasteiger partial charge in [-0.2, -0.15) is 13.2 Å². The van der Waals surface area contributed by atoms with Crippen LogP contribution in [0.2, 0.25) is 0 Å². The molecule has 0 spiro atoms. The van der Waals surface area contributed by atoms with Crippen molar-refractivity contribution in [3.63, 3.8) is 0 Å². The van der Waals surface area contributed by atoms with Gasteiger partial charge in [0.25, 0.3) is 0 Å². The number of hydrogen-bond donors (Lipinski definition) is 1. The maximum absolute atomic E-state index is 13.3. The molecule has 4 rings (SSSR count). The highest BCUT2D eigenvalue weighted by molar-refractivity contribution is 5.79. The Balaban J connectivity index is 1.86. The third kappa shape index (κ3) is 3.82. The monoisotopic (exact) mass is 400 g/mol. The first kappa shape index (κ1) is 19.4.